The highest BCUT2D eigenvalue weighted by Gasteiger charge is 2.25. The van der Waals surface area contributed by atoms with Gasteiger partial charge in [-0.1, -0.05) is 40.5 Å². The highest BCUT2D eigenvalue weighted by Crippen LogP contribution is 2.18. The van der Waals surface area contributed by atoms with Gasteiger partial charge < -0.3 is 10.2 Å². The summed E-state index contributed by atoms with van der Waals surface area (Å²) in [6, 6.07) is 0.668. The van der Waals surface area contributed by atoms with Gasteiger partial charge in [0, 0.05) is 25.0 Å². The van der Waals surface area contributed by atoms with E-state index in [1.165, 1.54) is 32.1 Å². The van der Waals surface area contributed by atoms with Gasteiger partial charge in [-0.15, -0.1) is 0 Å². The number of carbonyl (C=O) groups excluding carboxylic acids is 1. The van der Waals surface area contributed by atoms with Crippen LogP contribution in [-0.2, 0) is 4.79 Å². The first-order valence-corrected chi connectivity index (χ1v) is 8.60. The van der Waals surface area contributed by atoms with Gasteiger partial charge in [0.15, 0.2) is 0 Å². The Labute approximate surface area is 125 Å². The second-order valence-corrected chi connectivity index (χ2v) is 6.63. The number of hydrogen-bond donors (Lipinski definition) is 1. The third-order valence-electron chi connectivity index (χ3n) is 4.29. The monoisotopic (exact) mass is 282 g/mol. The summed E-state index contributed by atoms with van der Waals surface area (Å²) in [7, 11) is 0. The maximum Gasteiger partial charge on any atom is 0.225 e. The maximum absolute atomic E-state index is 12.1. The first kappa shape index (κ1) is 17.5. The Bertz CT molecular complexity index is 272. The van der Waals surface area contributed by atoms with Crippen molar-refractivity contribution < 1.29 is 4.79 Å². The van der Waals surface area contributed by atoms with Gasteiger partial charge >= 0.3 is 0 Å². The molecular formula is C17H34N2O. The van der Waals surface area contributed by atoms with Crippen molar-refractivity contribution in [3.8, 4) is 0 Å². The van der Waals surface area contributed by atoms with Crippen molar-refractivity contribution in [1.82, 2.24) is 10.2 Å². The van der Waals surface area contributed by atoms with E-state index in [4.69, 9.17) is 0 Å². The average molecular weight is 282 g/mol. The van der Waals surface area contributed by atoms with Crippen LogP contribution in [0, 0.1) is 11.8 Å². The van der Waals surface area contributed by atoms with Gasteiger partial charge in [0.2, 0.25) is 5.91 Å². The second-order valence-electron chi connectivity index (χ2n) is 6.63. The summed E-state index contributed by atoms with van der Waals surface area (Å²) in [4.78, 5) is 14.2. The molecule has 1 aliphatic rings. The standard InChI is InChI=1S/C17H34N2O/c1-5-8-16(9-6-2)18-12-15-10-7-11-19(13-15)17(20)14(3)4/h14-16,18H,5-13H2,1-4H3. The van der Waals surface area contributed by atoms with Gasteiger partial charge in [0.25, 0.3) is 0 Å². The summed E-state index contributed by atoms with van der Waals surface area (Å²) in [5, 5.41) is 3.74. The normalized spacial score (nSPS) is 19.9. The second kappa shape index (κ2) is 9.38. The Morgan fingerprint density at radius 1 is 1.25 bits per heavy atom. The van der Waals surface area contributed by atoms with E-state index in [1.54, 1.807) is 0 Å². The first-order chi connectivity index (χ1) is 9.58. The molecule has 0 saturated carbocycles. The van der Waals surface area contributed by atoms with Gasteiger partial charge in [0.05, 0.1) is 0 Å². The van der Waals surface area contributed by atoms with Crippen LogP contribution in [0.25, 0.3) is 0 Å². The number of amides is 1. The fourth-order valence-corrected chi connectivity index (χ4v) is 3.18. The zero-order valence-electron chi connectivity index (χ0n) is 14.0. The van der Waals surface area contributed by atoms with Gasteiger partial charge in [-0.3, -0.25) is 4.79 Å². The van der Waals surface area contributed by atoms with Crippen molar-refractivity contribution >= 4 is 5.91 Å². The molecule has 20 heavy (non-hydrogen) atoms. The predicted octanol–water partition coefficient (Wildman–Crippen LogP) is 3.44. The van der Waals surface area contributed by atoms with Crippen LogP contribution < -0.4 is 5.32 Å². The molecular weight excluding hydrogens is 248 g/mol. The predicted molar refractivity (Wildman–Crippen MR) is 85.7 cm³/mol. The van der Waals surface area contributed by atoms with E-state index in [0.29, 0.717) is 17.9 Å². The van der Waals surface area contributed by atoms with Gasteiger partial charge in [-0.05, 0) is 38.1 Å². The molecule has 1 atom stereocenters. The lowest BCUT2D eigenvalue weighted by molar-refractivity contribution is -0.136. The topological polar surface area (TPSA) is 32.3 Å². The summed E-state index contributed by atoms with van der Waals surface area (Å²) >= 11 is 0. The largest absolute Gasteiger partial charge is 0.342 e. The maximum atomic E-state index is 12.1. The van der Waals surface area contributed by atoms with Crippen LogP contribution in [0.4, 0.5) is 0 Å². The molecule has 0 aromatic heterocycles. The molecule has 1 amide bonds. The number of nitrogens with zero attached hydrogens (tertiary/aromatic N) is 1. The smallest absolute Gasteiger partial charge is 0.225 e. The van der Waals surface area contributed by atoms with Gasteiger partial charge in [-0.25, -0.2) is 0 Å². The van der Waals surface area contributed by atoms with Crippen LogP contribution in [-0.4, -0.2) is 36.5 Å². The Morgan fingerprint density at radius 2 is 1.90 bits per heavy atom. The number of likely N-dealkylation sites (tertiary alicyclic amines) is 1. The fourth-order valence-electron chi connectivity index (χ4n) is 3.18. The lowest BCUT2D eigenvalue weighted by Gasteiger charge is -2.34. The highest BCUT2D eigenvalue weighted by molar-refractivity contribution is 5.78. The lowest BCUT2D eigenvalue weighted by atomic mass is 9.96. The zero-order chi connectivity index (χ0) is 15.0. The van der Waals surface area contributed by atoms with Crippen molar-refractivity contribution in [1.29, 1.82) is 0 Å². The number of hydrogen-bond acceptors (Lipinski definition) is 2. The molecule has 1 unspecified atom stereocenters. The SMILES string of the molecule is CCCC(CCC)NCC1CCCN(C(=O)C(C)C)C1. The third-order valence-corrected chi connectivity index (χ3v) is 4.29. The van der Waals surface area contributed by atoms with E-state index >= 15 is 0 Å². The molecule has 0 spiro atoms. The molecule has 1 N–H and O–H groups in total. The molecule has 1 heterocycles. The van der Waals surface area contributed by atoms with Crippen molar-refractivity contribution in [2.24, 2.45) is 11.8 Å². The summed E-state index contributed by atoms with van der Waals surface area (Å²) in [6.45, 7) is 11.5. The third kappa shape index (κ3) is 5.82. The van der Waals surface area contributed by atoms with Gasteiger partial charge in [0.1, 0.15) is 0 Å². The number of carbonyl (C=O) groups is 1. The highest BCUT2D eigenvalue weighted by atomic mass is 16.2. The van der Waals surface area contributed by atoms with E-state index in [-0.39, 0.29) is 5.92 Å². The molecule has 1 fully saturated rings. The summed E-state index contributed by atoms with van der Waals surface area (Å²) in [5.74, 6) is 1.10. The minimum absolute atomic E-state index is 0.134. The molecule has 118 valence electrons. The molecule has 3 heteroatoms. The first-order valence-electron chi connectivity index (χ1n) is 8.60. The quantitative estimate of drug-likeness (QED) is 0.739. The summed E-state index contributed by atoms with van der Waals surface area (Å²) in [6.07, 6.45) is 7.47. The zero-order valence-corrected chi connectivity index (χ0v) is 14.0. The van der Waals surface area contributed by atoms with Crippen molar-refractivity contribution in [2.75, 3.05) is 19.6 Å². The van der Waals surface area contributed by atoms with Crippen molar-refractivity contribution in [3.63, 3.8) is 0 Å². The molecule has 0 bridgehead atoms. The number of rotatable bonds is 8. The molecule has 0 aliphatic carbocycles. The number of nitrogens with one attached hydrogen (secondary N) is 1. The average Bonchev–Trinajstić information content (AvgIpc) is 2.44. The lowest BCUT2D eigenvalue weighted by Crippen LogP contribution is -2.45. The Hall–Kier alpha value is -0.570. The summed E-state index contributed by atoms with van der Waals surface area (Å²) in [5.41, 5.74) is 0. The Kier molecular flexibility index (Phi) is 8.20. The van der Waals surface area contributed by atoms with Crippen molar-refractivity contribution in [2.45, 2.75) is 72.3 Å². The van der Waals surface area contributed by atoms with Crippen molar-refractivity contribution in [3.05, 3.63) is 0 Å². The van der Waals surface area contributed by atoms with Gasteiger partial charge in [-0.2, -0.15) is 0 Å². The molecule has 1 aliphatic heterocycles. The number of piperidine rings is 1. The molecule has 3 nitrogen and oxygen atoms in total. The molecule has 0 aromatic rings. The van der Waals surface area contributed by atoms with E-state index in [1.807, 2.05) is 13.8 Å². The molecule has 1 rings (SSSR count). The fraction of sp³-hybridized carbons (Fsp3) is 0.941. The molecule has 0 radical (unpaired) electrons. The van der Waals surface area contributed by atoms with Crippen LogP contribution in [0.5, 0.6) is 0 Å². The molecule has 1 saturated heterocycles. The van der Waals surface area contributed by atoms with E-state index in [2.05, 4.69) is 24.1 Å². The van der Waals surface area contributed by atoms with Crippen LogP contribution >= 0.6 is 0 Å². The minimum Gasteiger partial charge on any atom is -0.342 e. The van der Waals surface area contributed by atoms with Crippen LogP contribution in [0.1, 0.15) is 66.2 Å². The van der Waals surface area contributed by atoms with Crippen LogP contribution in [0.2, 0.25) is 0 Å². The van der Waals surface area contributed by atoms with E-state index in [0.717, 1.165) is 26.1 Å². The van der Waals surface area contributed by atoms with Crippen LogP contribution in [0.15, 0.2) is 0 Å². The minimum atomic E-state index is 0.134. The van der Waals surface area contributed by atoms with Crippen LogP contribution in [0.3, 0.4) is 0 Å². The summed E-state index contributed by atoms with van der Waals surface area (Å²) < 4.78 is 0. The Morgan fingerprint density at radius 3 is 2.45 bits per heavy atom. The van der Waals surface area contributed by atoms with E-state index in [9.17, 15) is 4.79 Å². The Balaban J connectivity index is 2.37. The van der Waals surface area contributed by atoms with E-state index < -0.39 is 0 Å². The molecule has 0 aromatic carbocycles.